The van der Waals surface area contributed by atoms with E-state index in [4.69, 9.17) is 5.73 Å². The van der Waals surface area contributed by atoms with Crippen LogP contribution < -0.4 is 5.73 Å². The molecule has 4 nitrogen and oxygen atoms in total. The highest BCUT2D eigenvalue weighted by molar-refractivity contribution is 9.10. The molecule has 5 heteroatoms. The van der Waals surface area contributed by atoms with E-state index in [1.807, 2.05) is 19.1 Å². The summed E-state index contributed by atoms with van der Waals surface area (Å²) in [6, 6.07) is 5.16. The molecule has 0 amide bonds. The Morgan fingerprint density at radius 1 is 1.56 bits per heavy atom. The van der Waals surface area contributed by atoms with Crippen LogP contribution in [0.4, 0.5) is 5.69 Å². The minimum absolute atomic E-state index is 0.0487. The van der Waals surface area contributed by atoms with Gasteiger partial charge in [0.25, 0.3) is 5.69 Å². The Labute approximate surface area is 102 Å². The first-order chi connectivity index (χ1) is 7.47. The SMILES string of the molecule is CC(N)C1(c2ccc(Br)cc2[N+](=O)[O-])CC1. The molecule has 1 aromatic rings. The van der Waals surface area contributed by atoms with Gasteiger partial charge in [-0.1, -0.05) is 22.0 Å². The molecule has 0 aliphatic heterocycles. The molecule has 0 radical (unpaired) electrons. The molecule has 0 bridgehead atoms. The van der Waals surface area contributed by atoms with Gasteiger partial charge in [0.05, 0.1) is 4.92 Å². The fourth-order valence-electron chi connectivity index (χ4n) is 2.18. The molecule has 1 fully saturated rings. The van der Waals surface area contributed by atoms with Crippen LogP contribution in [0, 0.1) is 10.1 Å². The summed E-state index contributed by atoms with van der Waals surface area (Å²) in [4.78, 5) is 10.7. The van der Waals surface area contributed by atoms with Gasteiger partial charge in [-0.05, 0) is 25.8 Å². The van der Waals surface area contributed by atoms with Gasteiger partial charge in [0, 0.05) is 27.6 Å². The number of rotatable bonds is 3. The van der Waals surface area contributed by atoms with E-state index in [1.54, 1.807) is 6.07 Å². The van der Waals surface area contributed by atoms with Crippen LogP contribution >= 0.6 is 15.9 Å². The first kappa shape index (κ1) is 11.5. The van der Waals surface area contributed by atoms with Crippen molar-refractivity contribution < 1.29 is 4.92 Å². The smallest absolute Gasteiger partial charge is 0.274 e. The van der Waals surface area contributed by atoms with E-state index in [0.29, 0.717) is 0 Å². The van der Waals surface area contributed by atoms with Crippen molar-refractivity contribution in [2.24, 2.45) is 5.73 Å². The van der Waals surface area contributed by atoms with Crippen molar-refractivity contribution in [1.29, 1.82) is 0 Å². The maximum Gasteiger partial charge on any atom is 0.274 e. The normalized spacial score (nSPS) is 19.2. The number of hydrogen-bond donors (Lipinski definition) is 1. The molecule has 16 heavy (non-hydrogen) atoms. The van der Waals surface area contributed by atoms with Crippen LogP contribution in [0.25, 0.3) is 0 Å². The third-order valence-electron chi connectivity index (χ3n) is 3.35. The average Bonchev–Trinajstić information content (AvgIpc) is 2.98. The quantitative estimate of drug-likeness (QED) is 0.685. The van der Waals surface area contributed by atoms with Crippen LogP contribution in [0.3, 0.4) is 0 Å². The van der Waals surface area contributed by atoms with Gasteiger partial charge in [0.1, 0.15) is 0 Å². The summed E-state index contributed by atoms with van der Waals surface area (Å²) in [5, 5.41) is 11.0. The second kappa shape index (κ2) is 3.82. The average molecular weight is 285 g/mol. The Morgan fingerprint density at radius 3 is 2.62 bits per heavy atom. The van der Waals surface area contributed by atoms with E-state index in [1.165, 1.54) is 0 Å². The highest BCUT2D eigenvalue weighted by atomic mass is 79.9. The third-order valence-corrected chi connectivity index (χ3v) is 3.85. The molecule has 0 heterocycles. The zero-order valence-corrected chi connectivity index (χ0v) is 10.5. The van der Waals surface area contributed by atoms with Crippen molar-refractivity contribution in [3.05, 3.63) is 38.3 Å². The molecule has 0 saturated heterocycles. The van der Waals surface area contributed by atoms with Crippen molar-refractivity contribution in [3.63, 3.8) is 0 Å². The van der Waals surface area contributed by atoms with Crippen LogP contribution in [0.1, 0.15) is 25.3 Å². The highest BCUT2D eigenvalue weighted by Crippen LogP contribution is 2.53. The van der Waals surface area contributed by atoms with Gasteiger partial charge < -0.3 is 5.73 Å². The van der Waals surface area contributed by atoms with Crippen molar-refractivity contribution in [3.8, 4) is 0 Å². The molecular weight excluding hydrogens is 272 g/mol. The fourth-order valence-corrected chi connectivity index (χ4v) is 2.53. The van der Waals surface area contributed by atoms with E-state index < -0.39 is 0 Å². The van der Waals surface area contributed by atoms with Crippen molar-refractivity contribution in [2.45, 2.75) is 31.2 Å². The molecule has 86 valence electrons. The maximum absolute atomic E-state index is 11.0. The number of nitrogens with zero attached hydrogens (tertiary/aromatic N) is 1. The molecule has 0 aromatic heterocycles. The van der Waals surface area contributed by atoms with Gasteiger partial charge in [0.2, 0.25) is 0 Å². The summed E-state index contributed by atoms with van der Waals surface area (Å²) in [7, 11) is 0. The van der Waals surface area contributed by atoms with Crippen LogP contribution in [-0.2, 0) is 5.41 Å². The Bertz CT molecular complexity index is 442. The first-order valence-corrected chi connectivity index (χ1v) is 5.97. The summed E-state index contributed by atoms with van der Waals surface area (Å²) >= 11 is 3.25. The summed E-state index contributed by atoms with van der Waals surface area (Å²) in [6.45, 7) is 1.92. The lowest BCUT2D eigenvalue weighted by molar-refractivity contribution is -0.385. The Balaban J connectivity index is 2.53. The zero-order valence-electron chi connectivity index (χ0n) is 8.94. The second-order valence-corrected chi connectivity index (χ2v) is 5.28. The van der Waals surface area contributed by atoms with Crippen molar-refractivity contribution in [1.82, 2.24) is 0 Å². The van der Waals surface area contributed by atoms with E-state index in [0.717, 1.165) is 22.9 Å². The van der Waals surface area contributed by atoms with Gasteiger partial charge >= 0.3 is 0 Å². The summed E-state index contributed by atoms with van der Waals surface area (Å²) in [5.74, 6) is 0. The molecule has 1 aromatic carbocycles. The molecule has 0 spiro atoms. The molecule has 2 rings (SSSR count). The van der Waals surface area contributed by atoms with Crippen LogP contribution in [-0.4, -0.2) is 11.0 Å². The Kier molecular flexibility index (Phi) is 2.75. The second-order valence-electron chi connectivity index (χ2n) is 4.36. The van der Waals surface area contributed by atoms with Crippen molar-refractivity contribution >= 4 is 21.6 Å². The Hall–Kier alpha value is -0.940. The topological polar surface area (TPSA) is 69.2 Å². The largest absolute Gasteiger partial charge is 0.327 e. The summed E-state index contributed by atoms with van der Waals surface area (Å²) in [6.07, 6.45) is 1.88. The molecule has 1 atom stereocenters. The molecule has 1 unspecified atom stereocenters. The molecule has 1 aliphatic carbocycles. The van der Waals surface area contributed by atoms with Gasteiger partial charge in [-0.3, -0.25) is 10.1 Å². The van der Waals surface area contributed by atoms with Crippen molar-refractivity contribution in [2.75, 3.05) is 0 Å². The Morgan fingerprint density at radius 2 is 2.19 bits per heavy atom. The lowest BCUT2D eigenvalue weighted by Crippen LogP contribution is -2.32. The first-order valence-electron chi connectivity index (χ1n) is 5.17. The molecular formula is C11H13BrN2O2. The molecule has 2 N–H and O–H groups in total. The lowest BCUT2D eigenvalue weighted by Gasteiger charge is -2.19. The number of benzene rings is 1. The lowest BCUT2D eigenvalue weighted by atomic mass is 9.88. The van der Waals surface area contributed by atoms with Gasteiger partial charge in [0.15, 0.2) is 0 Å². The van der Waals surface area contributed by atoms with Crippen LogP contribution in [0.2, 0.25) is 0 Å². The summed E-state index contributed by atoms with van der Waals surface area (Å²) < 4.78 is 0.725. The number of halogens is 1. The number of nitro groups is 1. The zero-order chi connectivity index (χ0) is 11.9. The van der Waals surface area contributed by atoms with E-state index >= 15 is 0 Å². The minimum atomic E-state index is -0.331. The van der Waals surface area contributed by atoms with Crippen LogP contribution in [0.15, 0.2) is 22.7 Å². The van der Waals surface area contributed by atoms with Crippen LogP contribution in [0.5, 0.6) is 0 Å². The fraction of sp³-hybridized carbons (Fsp3) is 0.455. The third kappa shape index (κ3) is 1.74. The van der Waals surface area contributed by atoms with E-state index in [9.17, 15) is 10.1 Å². The molecule has 1 aliphatic rings. The van der Waals surface area contributed by atoms with Gasteiger partial charge in [-0.25, -0.2) is 0 Å². The van der Waals surface area contributed by atoms with E-state index in [2.05, 4.69) is 15.9 Å². The van der Waals surface area contributed by atoms with Gasteiger partial charge in [-0.2, -0.15) is 0 Å². The summed E-state index contributed by atoms with van der Waals surface area (Å²) in [5.41, 5.74) is 6.70. The number of nitro benzene ring substituents is 1. The number of nitrogens with two attached hydrogens (primary N) is 1. The molecule has 1 saturated carbocycles. The van der Waals surface area contributed by atoms with E-state index in [-0.39, 0.29) is 22.1 Å². The predicted octanol–water partition coefficient (Wildman–Crippen LogP) is 2.74. The highest BCUT2D eigenvalue weighted by Gasteiger charge is 2.50. The predicted molar refractivity (Wildman–Crippen MR) is 65.4 cm³/mol. The maximum atomic E-state index is 11.0. The standard InChI is InChI=1S/C11H13BrN2O2/c1-7(13)11(4-5-11)9-3-2-8(12)6-10(9)14(15)16/h2-3,6-7H,4-5,13H2,1H3. The van der Waals surface area contributed by atoms with Gasteiger partial charge in [-0.15, -0.1) is 0 Å². The minimum Gasteiger partial charge on any atom is -0.327 e. The monoisotopic (exact) mass is 284 g/mol. The number of hydrogen-bond acceptors (Lipinski definition) is 3.